The maximum Gasteiger partial charge on any atom is 0.306 e. The maximum absolute atomic E-state index is 11.8. The molecule has 0 bridgehead atoms. The van der Waals surface area contributed by atoms with Crippen molar-refractivity contribution in [3.8, 4) is 0 Å². The van der Waals surface area contributed by atoms with Crippen LogP contribution in [0.1, 0.15) is 58.8 Å². The molecule has 1 saturated heterocycles. The van der Waals surface area contributed by atoms with Crippen molar-refractivity contribution in [1.82, 2.24) is 5.32 Å². The summed E-state index contributed by atoms with van der Waals surface area (Å²) in [5, 5.41) is 3.33. The lowest BCUT2D eigenvalue weighted by atomic mass is 9.76. The first kappa shape index (κ1) is 13.9. The van der Waals surface area contributed by atoms with Gasteiger partial charge in [0, 0.05) is 6.42 Å². The van der Waals surface area contributed by atoms with Gasteiger partial charge in [-0.3, -0.25) is 4.79 Å². The lowest BCUT2D eigenvalue weighted by molar-refractivity contribution is -0.151. The lowest BCUT2D eigenvalue weighted by Gasteiger charge is -2.33. The largest absolute Gasteiger partial charge is 0.462 e. The average Bonchev–Trinajstić information content (AvgIpc) is 2.82. The van der Waals surface area contributed by atoms with Crippen molar-refractivity contribution in [2.24, 2.45) is 11.3 Å². The van der Waals surface area contributed by atoms with Gasteiger partial charge in [0.1, 0.15) is 6.10 Å². The molecule has 1 unspecified atom stereocenters. The summed E-state index contributed by atoms with van der Waals surface area (Å²) in [5.41, 5.74) is 0.443. The summed E-state index contributed by atoms with van der Waals surface area (Å²) >= 11 is 0. The third-order valence-electron chi connectivity index (χ3n) is 4.50. The summed E-state index contributed by atoms with van der Waals surface area (Å²) in [7, 11) is 0. The number of carbonyl (C=O) groups is 1. The summed E-state index contributed by atoms with van der Waals surface area (Å²) in [4.78, 5) is 11.8. The van der Waals surface area contributed by atoms with Crippen LogP contribution in [0.3, 0.4) is 0 Å². The average molecular weight is 253 g/mol. The predicted octanol–water partition coefficient (Wildman–Crippen LogP) is 2.89. The minimum atomic E-state index is 0.0200. The summed E-state index contributed by atoms with van der Waals surface area (Å²) < 4.78 is 5.59. The van der Waals surface area contributed by atoms with E-state index in [0.29, 0.717) is 17.8 Å². The first-order valence-corrected chi connectivity index (χ1v) is 7.45. The summed E-state index contributed by atoms with van der Waals surface area (Å²) in [6.45, 7) is 6.79. The Labute approximate surface area is 111 Å². The zero-order valence-corrected chi connectivity index (χ0v) is 11.8. The van der Waals surface area contributed by atoms with E-state index in [9.17, 15) is 4.79 Å². The van der Waals surface area contributed by atoms with Gasteiger partial charge in [0.15, 0.2) is 0 Å². The summed E-state index contributed by atoms with van der Waals surface area (Å²) in [6, 6.07) is 0. The van der Waals surface area contributed by atoms with Crippen LogP contribution < -0.4 is 5.32 Å². The maximum atomic E-state index is 11.8. The normalized spacial score (nSPS) is 28.2. The number of hydrogen-bond donors (Lipinski definition) is 1. The highest BCUT2D eigenvalue weighted by molar-refractivity contribution is 5.69. The van der Waals surface area contributed by atoms with E-state index in [0.717, 1.165) is 32.4 Å². The molecule has 0 aromatic carbocycles. The second-order valence-electron chi connectivity index (χ2n) is 6.75. The lowest BCUT2D eigenvalue weighted by Crippen LogP contribution is -2.28. The van der Waals surface area contributed by atoms with Crippen molar-refractivity contribution in [3.63, 3.8) is 0 Å². The Morgan fingerprint density at radius 1 is 1.28 bits per heavy atom. The monoisotopic (exact) mass is 253 g/mol. The molecule has 1 heterocycles. The van der Waals surface area contributed by atoms with Crippen LogP contribution in [0, 0.1) is 11.3 Å². The Morgan fingerprint density at radius 3 is 2.61 bits per heavy atom. The van der Waals surface area contributed by atoms with Crippen molar-refractivity contribution in [2.75, 3.05) is 13.1 Å². The van der Waals surface area contributed by atoms with E-state index in [1.165, 1.54) is 19.3 Å². The predicted molar refractivity (Wildman–Crippen MR) is 72.3 cm³/mol. The van der Waals surface area contributed by atoms with E-state index in [1.54, 1.807) is 0 Å². The smallest absolute Gasteiger partial charge is 0.306 e. The molecule has 1 aliphatic carbocycles. The minimum absolute atomic E-state index is 0.0200. The fraction of sp³-hybridized carbons (Fsp3) is 0.933. The van der Waals surface area contributed by atoms with Gasteiger partial charge in [-0.1, -0.05) is 13.8 Å². The molecule has 18 heavy (non-hydrogen) atoms. The molecule has 0 aromatic rings. The van der Waals surface area contributed by atoms with Gasteiger partial charge in [-0.05, 0) is 62.9 Å². The van der Waals surface area contributed by atoms with Crippen molar-refractivity contribution in [3.05, 3.63) is 0 Å². The first-order chi connectivity index (χ1) is 8.55. The molecule has 2 rings (SSSR count). The van der Waals surface area contributed by atoms with Gasteiger partial charge in [0.05, 0.1) is 0 Å². The quantitative estimate of drug-likeness (QED) is 0.783. The highest BCUT2D eigenvalue weighted by Gasteiger charge is 2.28. The fourth-order valence-electron chi connectivity index (χ4n) is 3.02. The molecular formula is C15H27NO2. The molecule has 0 amide bonds. The zero-order chi connectivity index (χ0) is 13.0. The van der Waals surface area contributed by atoms with E-state index >= 15 is 0 Å². The molecule has 0 aromatic heterocycles. The van der Waals surface area contributed by atoms with Crippen LogP contribution in [-0.2, 0) is 9.53 Å². The molecule has 1 atom stereocenters. The van der Waals surface area contributed by atoms with Crippen molar-refractivity contribution >= 4 is 5.97 Å². The van der Waals surface area contributed by atoms with Crippen LogP contribution in [0.15, 0.2) is 0 Å². The van der Waals surface area contributed by atoms with Gasteiger partial charge >= 0.3 is 5.97 Å². The topological polar surface area (TPSA) is 38.3 Å². The van der Waals surface area contributed by atoms with Crippen LogP contribution in [0.4, 0.5) is 0 Å². The number of hydrogen-bond acceptors (Lipinski definition) is 3. The van der Waals surface area contributed by atoms with Crippen LogP contribution in [-0.4, -0.2) is 25.2 Å². The molecule has 1 N–H and O–H groups in total. The Bertz CT molecular complexity index is 272. The van der Waals surface area contributed by atoms with Gasteiger partial charge in [0.2, 0.25) is 0 Å². The summed E-state index contributed by atoms with van der Waals surface area (Å²) in [5.74, 6) is 0.703. The Balaban J connectivity index is 1.62. The van der Waals surface area contributed by atoms with E-state index in [-0.39, 0.29) is 12.1 Å². The van der Waals surface area contributed by atoms with Crippen molar-refractivity contribution in [2.45, 2.75) is 64.9 Å². The van der Waals surface area contributed by atoms with Crippen LogP contribution >= 0.6 is 0 Å². The molecule has 2 aliphatic rings. The third kappa shape index (κ3) is 4.27. The number of carbonyl (C=O) groups excluding carboxylic acids is 1. The minimum Gasteiger partial charge on any atom is -0.462 e. The molecule has 0 radical (unpaired) electrons. The fourth-order valence-corrected chi connectivity index (χ4v) is 3.02. The number of esters is 1. The third-order valence-corrected chi connectivity index (χ3v) is 4.50. The van der Waals surface area contributed by atoms with Gasteiger partial charge in [-0.2, -0.15) is 0 Å². The molecular weight excluding hydrogens is 226 g/mol. The molecule has 1 aliphatic heterocycles. The standard InChI is InChI=1S/C15H27NO2/c1-15(2)8-5-13(6-9-15)18-14(17)4-3-12-7-10-16-11-12/h12-13,16H,3-11H2,1-2H3. The molecule has 3 nitrogen and oxygen atoms in total. The van der Waals surface area contributed by atoms with E-state index in [4.69, 9.17) is 4.74 Å². The number of ether oxygens (including phenoxy) is 1. The number of nitrogens with one attached hydrogen (secondary N) is 1. The second-order valence-corrected chi connectivity index (χ2v) is 6.75. The Kier molecular flexibility index (Phi) is 4.66. The van der Waals surface area contributed by atoms with Crippen LogP contribution in [0.5, 0.6) is 0 Å². The highest BCUT2D eigenvalue weighted by Crippen LogP contribution is 2.36. The second kappa shape index (κ2) is 6.05. The zero-order valence-electron chi connectivity index (χ0n) is 11.8. The summed E-state index contributed by atoms with van der Waals surface area (Å²) in [6.07, 6.45) is 7.44. The first-order valence-electron chi connectivity index (χ1n) is 7.45. The SMILES string of the molecule is CC1(C)CCC(OC(=O)CCC2CCNC2)CC1. The van der Waals surface area contributed by atoms with E-state index < -0.39 is 0 Å². The van der Waals surface area contributed by atoms with Gasteiger partial charge in [0.25, 0.3) is 0 Å². The molecule has 104 valence electrons. The van der Waals surface area contributed by atoms with Gasteiger partial charge in [-0.15, -0.1) is 0 Å². The molecule has 0 spiro atoms. The van der Waals surface area contributed by atoms with Crippen molar-refractivity contribution in [1.29, 1.82) is 0 Å². The molecule has 2 fully saturated rings. The Morgan fingerprint density at radius 2 is 2.00 bits per heavy atom. The molecule has 3 heteroatoms. The van der Waals surface area contributed by atoms with E-state index in [2.05, 4.69) is 19.2 Å². The van der Waals surface area contributed by atoms with Crippen molar-refractivity contribution < 1.29 is 9.53 Å². The van der Waals surface area contributed by atoms with E-state index in [1.807, 2.05) is 0 Å². The van der Waals surface area contributed by atoms with Crippen LogP contribution in [0.25, 0.3) is 0 Å². The Hall–Kier alpha value is -0.570. The highest BCUT2D eigenvalue weighted by atomic mass is 16.5. The van der Waals surface area contributed by atoms with Gasteiger partial charge < -0.3 is 10.1 Å². The van der Waals surface area contributed by atoms with Gasteiger partial charge in [-0.25, -0.2) is 0 Å². The molecule has 1 saturated carbocycles. The number of rotatable bonds is 4. The van der Waals surface area contributed by atoms with Crippen LogP contribution in [0.2, 0.25) is 0 Å².